The molecule has 0 aromatic rings. The van der Waals surface area contributed by atoms with Crippen molar-refractivity contribution in [3.8, 4) is 0 Å². The van der Waals surface area contributed by atoms with Crippen molar-refractivity contribution >= 4 is 25.3 Å². The zero-order chi connectivity index (χ0) is 35.1. The lowest BCUT2D eigenvalue weighted by Crippen LogP contribution is -2.47. The van der Waals surface area contributed by atoms with Gasteiger partial charge in [-0.05, 0) is 49.2 Å². The van der Waals surface area contributed by atoms with Crippen LogP contribution in [0.15, 0.2) is 12.2 Å². The molecule has 7 heteroatoms. The summed E-state index contributed by atoms with van der Waals surface area (Å²) in [6.07, 6.45) is 29.6. The fraction of sp³-hybridized carbons (Fsp3) is 0.925. The fourth-order valence-corrected chi connectivity index (χ4v) is 8.60. The molecule has 0 aromatic heterocycles. The number of carbonyl (C=O) groups is 1. The number of hydrogen-bond donors (Lipinski definition) is 1. The second-order valence-electron chi connectivity index (χ2n) is 16.9. The third kappa shape index (κ3) is 22.8. The van der Waals surface area contributed by atoms with Crippen LogP contribution in [0.5, 0.6) is 0 Å². The number of unbranched alkanes of at least 4 members (excludes halogenated alkanes) is 15. The average molecular weight is 698 g/mol. The summed E-state index contributed by atoms with van der Waals surface area (Å²) >= 11 is -1.36. The van der Waals surface area contributed by atoms with Crippen molar-refractivity contribution in [2.75, 3.05) is 5.75 Å². The molecule has 1 aliphatic rings. The summed E-state index contributed by atoms with van der Waals surface area (Å²) in [6.45, 7) is 20.6. The molecular weight excluding hydrogens is 619 g/mol. The minimum Gasteiger partial charge on any atom is -0.413 e. The Morgan fingerprint density at radius 2 is 1.23 bits per heavy atom. The van der Waals surface area contributed by atoms with Gasteiger partial charge in [-0.15, -0.1) is 0 Å². The Hall–Kier alpha value is -0.503. The maximum absolute atomic E-state index is 13.3. The van der Waals surface area contributed by atoms with Gasteiger partial charge in [0, 0.05) is 0 Å². The lowest BCUT2D eigenvalue weighted by atomic mass is 10.0. The number of nitrogens with one attached hydrogen (secondary N) is 1. The summed E-state index contributed by atoms with van der Waals surface area (Å²) in [5.74, 6) is 1.99. The molecular formula is C40H79NO4SSi. The van der Waals surface area contributed by atoms with Crippen LogP contribution in [0.3, 0.4) is 0 Å². The molecule has 0 aromatic carbocycles. The predicted molar refractivity (Wildman–Crippen MR) is 208 cm³/mol. The van der Waals surface area contributed by atoms with Crippen LogP contribution in [0.4, 0.5) is 0 Å². The van der Waals surface area contributed by atoms with Crippen LogP contribution in [0.25, 0.3) is 0 Å². The summed E-state index contributed by atoms with van der Waals surface area (Å²) in [5.41, 5.74) is 0. The second kappa shape index (κ2) is 25.4. The standard InChI is InChI=1S/C40H79NO4SSi/c1-34(2)28-24-20-16-12-10-14-18-22-26-30-36(45-47(8,9)40(5,6)7)32-39(42)41-37-33-46(43)44-38(37)31-27-23-19-15-11-13-17-21-25-29-35(3)4/h27,31,34-38H,10-26,28-30,32-33H2,1-9H3,(H,41,42)/b31-27+/t36-,37+,38-,46?/m1/s1. The highest BCUT2D eigenvalue weighted by molar-refractivity contribution is 7.80. The molecule has 47 heavy (non-hydrogen) atoms. The first kappa shape index (κ1) is 44.5. The molecule has 0 saturated carbocycles. The van der Waals surface area contributed by atoms with Crippen molar-refractivity contribution in [2.45, 2.75) is 220 Å². The Bertz CT molecular complexity index is 854. The highest BCUT2D eigenvalue weighted by Gasteiger charge is 2.40. The minimum atomic E-state index is -2.02. The van der Waals surface area contributed by atoms with Gasteiger partial charge in [-0.2, -0.15) is 0 Å². The van der Waals surface area contributed by atoms with E-state index in [9.17, 15) is 9.00 Å². The molecule has 0 radical (unpaired) electrons. The molecule has 5 nitrogen and oxygen atoms in total. The van der Waals surface area contributed by atoms with Gasteiger partial charge in [-0.3, -0.25) is 8.98 Å². The lowest BCUT2D eigenvalue weighted by Gasteiger charge is -2.39. The Kier molecular flexibility index (Phi) is 24.1. The molecule has 1 fully saturated rings. The molecule has 1 N–H and O–H groups in total. The quantitative estimate of drug-likeness (QED) is 0.0502. The van der Waals surface area contributed by atoms with E-state index in [1.807, 2.05) is 6.08 Å². The van der Waals surface area contributed by atoms with Crippen LogP contribution in [-0.2, 0) is 24.5 Å². The Morgan fingerprint density at radius 3 is 1.70 bits per heavy atom. The van der Waals surface area contributed by atoms with Crippen molar-refractivity contribution in [1.82, 2.24) is 5.32 Å². The monoisotopic (exact) mass is 698 g/mol. The Labute approximate surface area is 296 Å². The highest BCUT2D eigenvalue weighted by atomic mass is 32.2. The van der Waals surface area contributed by atoms with Gasteiger partial charge in [-0.1, -0.05) is 170 Å². The van der Waals surface area contributed by atoms with E-state index in [1.54, 1.807) is 0 Å². The molecule has 1 amide bonds. The van der Waals surface area contributed by atoms with Gasteiger partial charge in [0.15, 0.2) is 19.4 Å². The molecule has 0 spiro atoms. The maximum atomic E-state index is 13.3. The van der Waals surface area contributed by atoms with Crippen molar-refractivity contribution in [2.24, 2.45) is 11.8 Å². The van der Waals surface area contributed by atoms with Crippen LogP contribution < -0.4 is 5.32 Å². The highest BCUT2D eigenvalue weighted by Crippen LogP contribution is 2.38. The molecule has 1 heterocycles. The number of carbonyl (C=O) groups excluding carboxylic acids is 1. The predicted octanol–water partition coefficient (Wildman–Crippen LogP) is 12.0. The topological polar surface area (TPSA) is 64.6 Å². The molecule has 278 valence electrons. The maximum Gasteiger partial charge on any atom is 0.222 e. The lowest BCUT2D eigenvalue weighted by molar-refractivity contribution is -0.123. The first-order chi connectivity index (χ1) is 22.2. The van der Waals surface area contributed by atoms with E-state index in [2.05, 4.69) is 73.0 Å². The van der Waals surface area contributed by atoms with Crippen LogP contribution >= 0.6 is 0 Å². The van der Waals surface area contributed by atoms with Gasteiger partial charge in [-0.25, -0.2) is 4.21 Å². The molecule has 0 bridgehead atoms. The Morgan fingerprint density at radius 1 is 0.787 bits per heavy atom. The van der Waals surface area contributed by atoms with Gasteiger partial charge in [0.2, 0.25) is 5.91 Å². The van der Waals surface area contributed by atoms with Crippen molar-refractivity contribution in [3.63, 3.8) is 0 Å². The summed E-state index contributed by atoms with van der Waals surface area (Å²) in [5, 5.41) is 3.27. The zero-order valence-corrected chi connectivity index (χ0v) is 34.5. The summed E-state index contributed by atoms with van der Waals surface area (Å²) in [7, 11) is -2.02. The SMILES string of the molecule is CC(C)CCCCCCCCC/C=C/[C@H]1OS(=O)C[C@@H]1NC(=O)C[C@@H](CCCCCCCCCCCC(C)C)O[Si](C)(C)C(C)(C)C. The van der Waals surface area contributed by atoms with Gasteiger partial charge in [0.25, 0.3) is 0 Å². The molecule has 1 rings (SSSR count). The van der Waals surface area contributed by atoms with Gasteiger partial charge < -0.3 is 9.74 Å². The van der Waals surface area contributed by atoms with Crippen molar-refractivity contribution < 1.29 is 17.6 Å². The smallest absolute Gasteiger partial charge is 0.222 e. The largest absolute Gasteiger partial charge is 0.413 e. The number of amides is 1. The first-order valence-electron chi connectivity index (χ1n) is 19.9. The van der Waals surface area contributed by atoms with Crippen LogP contribution in [0.1, 0.15) is 183 Å². The molecule has 4 atom stereocenters. The second-order valence-corrected chi connectivity index (χ2v) is 22.8. The molecule has 1 unspecified atom stereocenters. The van der Waals surface area contributed by atoms with E-state index in [-0.39, 0.29) is 29.2 Å². The van der Waals surface area contributed by atoms with E-state index in [4.69, 9.17) is 8.61 Å². The molecule has 1 saturated heterocycles. The Balaban J connectivity index is 2.46. The fourth-order valence-electron chi connectivity index (χ4n) is 6.12. The van der Waals surface area contributed by atoms with Crippen molar-refractivity contribution in [1.29, 1.82) is 0 Å². The number of rotatable bonds is 28. The van der Waals surface area contributed by atoms with Crippen LogP contribution in [-0.4, -0.2) is 42.4 Å². The van der Waals surface area contributed by atoms with Crippen LogP contribution in [0.2, 0.25) is 18.1 Å². The molecule has 1 aliphatic heterocycles. The first-order valence-corrected chi connectivity index (χ1v) is 24.1. The minimum absolute atomic E-state index is 0.00882. The summed E-state index contributed by atoms with van der Waals surface area (Å²) < 4.78 is 24.8. The van der Waals surface area contributed by atoms with Gasteiger partial charge >= 0.3 is 0 Å². The van der Waals surface area contributed by atoms with E-state index in [0.717, 1.165) is 31.1 Å². The van der Waals surface area contributed by atoms with E-state index in [0.29, 0.717) is 12.2 Å². The zero-order valence-electron chi connectivity index (χ0n) is 32.6. The van der Waals surface area contributed by atoms with Crippen molar-refractivity contribution in [3.05, 3.63) is 12.2 Å². The third-order valence-electron chi connectivity index (χ3n) is 10.2. The number of allylic oxidation sites excluding steroid dienone is 1. The van der Waals surface area contributed by atoms with Gasteiger partial charge in [0.05, 0.1) is 24.3 Å². The average Bonchev–Trinajstić information content (AvgIpc) is 3.31. The van der Waals surface area contributed by atoms with E-state index >= 15 is 0 Å². The third-order valence-corrected chi connectivity index (χ3v) is 15.8. The number of hydrogen-bond acceptors (Lipinski definition) is 4. The normalized spacial score (nSPS) is 19.8. The van der Waals surface area contributed by atoms with E-state index < -0.39 is 19.4 Å². The van der Waals surface area contributed by atoms with Crippen LogP contribution in [0, 0.1) is 11.8 Å². The summed E-state index contributed by atoms with van der Waals surface area (Å²) in [6, 6.07) is -0.246. The van der Waals surface area contributed by atoms with E-state index in [1.165, 1.54) is 109 Å². The summed E-state index contributed by atoms with van der Waals surface area (Å²) in [4.78, 5) is 13.3. The molecule has 0 aliphatic carbocycles. The van der Waals surface area contributed by atoms with Gasteiger partial charge in [0.1, 0.15) is 6.10 Å².